The lowest BCUT2D eigenvalue weighted by atomic mass is 10.2. The molecule has 1 fully saturated rings. The van der Waals surface area contributed by atoms with Gasteiger partial charge in [0.25, 0.3) is 5.91 Å². The standard InChI is InChI=1S/C26H34N6O/c1-20-8-6-10-23(18-20)31-16-14-30(15-17-31)13-5-4-12-27-26(33)25-22(3)32(29-28-25)24-11-7-9-21(2)19-24/h6-11,18-19H,4-5,12-17H2,1-3H3,(H,27,33). The van der Waals surface area contributed by atoms with E-state index in [0.717, 1.165) is 62.5 Å². The van der Waals surface area contributed by atoms with Crippen molar-refractivity contribution in [3.63, 3.8) is 0 Å². The van der Waals surface area contributed by atoms with Crippen molar-refractivity contribution in [1.29, 1.82) is 0 Å². The Balaban J connectivity index is 1.17. The highest BCUT2D eigenvalue weighted by Gasteiger charge is 2.18. The maximum atomic E-state index is 12.6. The third-order valence-corrected chi connectivity index (χ3v) is 6.28. The predicted molar refractivity (Wildman–Crippen MR) is 132 cm³/mol. The zero-order valence-electron chi connectivity index (χ0n) is 19.9. The number of rotatable bonds is 8. The van der Waals surface area contributed by atoms with Crippen LogP contribution in [0, 0.1) is 20.8 Å². The molecule has 0 radical (unpaired) electrons. The van der Waals surface area contributed by atoms with Crippen molar-refractivity contribution in [1.82, 2.24) is 25.2 Å². The Kier molecular flexibility index (Phi) is 7.40. The third kappa shape index (κ3) is 5.79. The molecule has 0 aliphatic carbocycles. The van der Waals surface area contributed by atoms with Crippen LogP contribution in [0.25, 0.3) is 5.69 Å². The number of nitrogens with one attached hydrogen (secondary N) is 1. The van der Waals surface area contributed by atoms with Gasteiger partial charge < -0.3 is 10.2 Å². The molecule has 4 rings (SSSR count). The molecular weight excluding hydrogens is 412 g/mol. The van der Waals surface area contributed by atoms with Gasteiger partial charge in [0.1, 0.15) is 0 Å². The maximum absolute atomic E-state index is 12.6. The van der Waals surface area contributed by atoms with Crippen LogP contribution in [-0.4, -0.2) is 65.1 Å². The first kappa shape index (κ1) is 23.0. The third-order valence-electron chi connectivity index (χ3n) is 6.28. The van der Waals surface area contributed by atoms with Crippen LogP contribution < -0.4 is 10.2 Å². The molecular formula is C26H34N6O. The molecule has 1 N–H and O–H groups in total. The summed E-state index contributed by atoms with van der Waals surface area (Å²) in [5.41, 5.74) is 5.84. The number of piperazine rings is 1. The topological polar surface area (TPSA) is 66.3 Å². The molecule has 3 aromatic rings. The fourth-order valence-electron chi connectivity index (χ4n) is 4.34. The van der Waals surface area contributed by atoms with Crippen molar-refractivity contribution >= 4 is 11.6 Å². The second-order valence-electron chi connectivity index (χ2n) is 8.90. The summed E-state index contributed by atoms with van der Waals surface area (Å²) in [4.78, 5) is 17.6. The monoisotopic (exact) mass is 446 g/mol. The second kappa shape index (κ2) is 10.6. The lowest BCUT2D eigenvalue weighted by Gasteiger charge is -2.36. The van der Waals surface area contributed by atoms with E-state index in [2.05, 4.69) is 56.6 Å². The lowest BCUT2D eigenvalue weighted by molar-refractivity contribution is 0.0947. The molecule has 174 valence electrons. The van der Waals surface area contributed by atoms with Gasteiger partial charge in [0.2, 0.25) is 0 Å². The number of nitrogens with zero attached hydrogens (tertiary/aromatic N) is 5. The molecule has 1 saturated heterocycles. The summed E-state index contributed by atoms with van der Waals surface area (Å²) in [5, 5.41) is 11.3. The molecule has 1 aromatic heterocycles. The smallest absolute Gasteiger partial charge is 0.273 e. The fourth-order valence-corrected chi connectivity index (χ4v) is 4.34. The minimum absolute atomic E-state index is 0.154. The van der Waals surface area contributed by atoms with Crippen LogP contribution in [0.1, 0.15) is 40.2 Å². The molecule has 7 heteroatoms. The average molecular weight is 447 g/mol. The minimum atomic E-state index is -0.154. The second-order valence-corrected chi connectivity index (χ2v) is 8.90. The van der Waals surface area contributed by atoms with Crippen LogP contribution in [0.3, 0.4) is 0 Å². The van der Waals surface area contributed by atoms with Gasteiger partial charge in [-0.3, -0.25) is 9.69 Å². The van der Waals surface area contributed by atoms with Crippen molar-refractivity contribution < 1.29 is 4.79 Å². The van der Waals surface area contributed by atoms with Crippen LogP contribution in [0.15, 0.2) is 48.5 Å². The van der Waals surface area contributed by atoms with E-state index in [0.29, 0.717) is 12.2 Å². The van der Waals surface area contributed by atoms with Gasteiger partial charge in [-0.1, -0.05) is 29.5 Å². The van der Waals surface area contributed by atoms with Gasteiger partial charge in [-0.05, 0) is 75.5 Å². The van der Waals surface area contributed by atoms with Crippen molar-refractivity contribution in [2.75, 3.05) is 44.2 Å². The molecule has 0 unspecified atom stereocenters. The van der Waals surface area contributed by atoms with Crippen molar-refractivity contribution in [3.8, 4) is 5.69 Å². The largest absolute Gasteiger partial charge is 0.369 e. The summed E-state index contributed by atoms with van der Waals surface area (Å²) < 4.78 is 1.72. The number of aryl methyl sites for hydroxylation is 2. The van der Waals surface area contributed by atoms with Gasteiger partial charge in [0, 0.05) is 38.4 Å². The zero-order chi connectivity index (χ0) is 23.2. The first-order valence-electron chi connectivity index (χ1n) is 11.8. The van der Waals surface area contributed by atoms with Gasteiger partial charge in [-0.2, -0.15) is 0 Å². The Hall–Kier alpha value is -3.19. The number of anilines is 1. The van der Waals surface area contributed by atoms with Crippen LogP contribution in [-0.2, 0) is 0 Å². The molecule has 2 heterocycles. The molecule has 0 spiro atoms. The Labute approximate surface area is 196 Å². The predicted octanol–water partition coefficient (Wildman–Crippen LogP) is 3.52. The van der Waals surface area contributed by atoms with Crippen LogP contribution in [0.4, 0.5) is 5.69 Å². The molecule has 2 aromatic carbocycles. The molecule has 1 amide bonds. The summed E-state index contributed by atoms with van der Waals surface area (Å²) in [6.07, 6.45) is 2.02. The SMILES string of the molecule is Cc1cccc(N2CCN(CCCCNC(=O)c3nnn(-c4cccc(C)c4)c3C)CC2)c1. The number of hydrogen-bond acceptors (Lipinski definition) is 5. The van der Waals surface area contributed by atoms with Gasteiger partial charge >= 0.3 is 0 Å². The maximum Gasteiger partial charge on any atom is 0.273 e. The number of amides is 1. The Bertz CT molecular complexity index is 1080. The van der Waals surface area contributed by atoms with E-state index in [1.54, 1.807) is 4.68 Å². The van der Waals surface area contributed by atoms with Crippen molar-refractivity contribution in [3.05, 3.63) is 71.0 Å². The van der Waals surface area contributed by atoms with Crippen LogP contribution in [0.2, 0.25) is 0 Å². The first-order valence-corrected chi connectivity index (χ1v) is 11.8. The molecule has 0 atom stereocenters. The van der Waals surface area contributed by atoms with E-state index in [1.807, 2.05) is 38.1 Å². The Morgan fingerprint density at radius 1 is 0.909 bits per heavy atom. The number of benzene rings is 2. The van der Waals surface area contributed by atoms with Crippen molar-refractivity contribution in [2.45, 2.75) is 33.6 Å². The molecule has 0 saturated carbocycles. The summed E-state index contributed by atoms with van der Waals surface area (Å²) >= 11 is 0. The van der Waals surface area contributed by atoms with E-state index >= 15 is 0 Å². The summed E-state index contributed by atoms with van der Waals surface area (Å²) in [6, 6.07) is 16.8. The van der Waals surface area contributed by atoms with E-state index < -0.39 is 0 Å². The van der Waals surface area contributed by atoms with Crippen LogP contribution >= 0.6 is 0 Å². The van der Waals surface area contributed by atoms with E-state index in [9.17, 15) is 4.79 Å². The van der Waals surface area contributed by atoms with E-state index in [1.165, 1.54) is 11.3 Å². The first-order chi connectivity index (χ1) is 16.0. The number of carbonyl (C=O) groups is 1. The van der Waals surface area contributed by atoms with Gasteiger partial charge in [0.15, 0.2) is 5.69 Å². The zero-order valence-corrected chi connectivity index (χ0v) is 19.9. The van der Waals surface area contributed by atoms with Gasteiger partial charge in [-0.15, -0.1) is 5.10 Å². The molecule has 7 nitrogen and oxygen atoms in total. The normalized spacial score (nSPS) is 14.5. The van der Waals surface area contributed by atoms with Gasteiger partial charge in [0.05, 0.1) is 11.4 Å². The van der Waals surface area contributed by atoms with Gasteiger partial charge in [-0.25, -0.2) is 4.68 Å². The number of unbranched alkanes of at least 4 members (excludes halogenated alkanes) is 1. The highest BCUT2D eigenvalue weighted by atomic mass is 16.2. The van der Waals surface area contributed by atoms with E-state index in [-0.39, 0.29) is 5.91 Å². The summed E-state index contributed by atoms with van der Waals surface area (Å²) in [7, 11) is 0. The average Bonchev–Trinajstić information content (AvgIpc) is 3.20. The summed E-state index contributed by atoms with van der Waals surface area (Å²) in [5.74, 6) is -0.154. The summed E-state index contributed by atoms with van der Waals surface area (Å²) in [6.45, 7) is 12.1. The Morgan fingerprint density at radius 2 is 1.58 bits per heavy atom. The fraction of sp³-hybridized carbons (Fsp3) is 0.423. The molecule has 1 aliphatic rings. The van der Waals surface area contributed by atoms with E-state index in [4.69, 9.17) is 0 Å². The minimum Gasteiger partial charge on any atom is -0.369 e. The highest BCUT2D eigenvalue weighted by molar-refractivity contribution is 5.93. The Morgan fingerprint density at radius 3 is 2.27 bits per heavy atom. The highest BCUT2D eigenvalue weighted by Crippen LogP contribution is 2.18. The molecule has 0 bridgehead atoms. The van der Waals surface area contributed by atoms with Crippen LogP contribution in [0.5, 0.6) is 0 Å². The number of carbonyl (C=O) groups excluding carboxylic acids is 1. The number of hydrogen-bond donors (Lipinski definition) is 1. The molecule has 1 aliphatic heterocycles. The number of aromatic nitrogens is 3. The quantitative estimate of drug-likeness (QED) is 0.536. The lowest BCUT2D eigenvalue weighted by Crippen LogP contribution is -2.46. The van der Waals surface area contributed by atoms with Crippen molar-refractivity contribution in [2.24, 2.45) is 0 Å². The molecule has 33 heavy (non-hydrogen) atoms.